The van der Waals surface area contributed by atoms with Crippen molar-refractivity contribution in [1.82, 2.24) is 24.8 Å². The zero-order valence-electron chi connectivity index (χ0n) is 24.2. The number of amides is 1. The molecular weight excluding hydrogens is 567 g/mol. The van der Waals surface area contributed by atoms with Crippen molar-refractivity contribution >= 4 is 29.3 Å². The van der Waals surface area contributed by atoms with Crippen LogP contribution in [0, 0.1) is 0 Å². The van der Waals surface area contributed by atoms with Crippen LogP contribution in [0.15, 0.2) is 48.8 Å². The molecule has 2 aliphatic rings. The van der Waals surface area contributed by atoms with Crippen molar-refractivity contribution in [3.8, 4) is 11.3 Å². The van der Waals surface area contributed by atoms with E-state index in [1.165, 1.54) is 0 Å². The van der Waals surface area contributed by atoms with Crippen molar-refractivity contribution in [2.24, 2.45) is 0 Å². The molecule has 3 aromatic rings. The molecule has 0 unspecified atom stereocenters. The van der Waals surface area contributed by atoms with Crippen LogP contribution >= 0.6 is 0 Å². The highest BCUT2D eigenvalue weighted by atomic mass is 19.4. The van der Waals surface area contributed by atoms with E-state index in [1.54, 1.807) is 17.3 Å². The maximum atomic E-state index is 13.2. The molecule has 11 nitrogen and oxygen atoms in total. The fraction of sp³-hybridized carbons (Fsp3) is 0.414. The maximum absolute atomic E-state index is 13.2. The predicted molar refractivity (Wildman–Crippen MR) is 155 cm³/mol. The third-order valence-corrected chi connectivity index (χ3v) is 6.94. The molecule has 1 fully saturated rings. The van der Waals surface area contributed by atoms with Gasteiger partial charge in [-0.3, -0.25) is 9.78 Å². The fourth-order valence-corrected chi connectivity index (χ4v) is 4.63. The first kappa shape index (κ1) is 31.6. The number of morpholine rings is 1. The molecule has 43 heavy (non-hydrogen) atoms. The fourth-order valence-electron chi connectivity index (χ4n) is 4.63. The van der Waals surface area contributed by atoms with E-state index in [0.29, 0.717) is 31.3 Å². The minimum Gasteiger partial charge on any atom is -0.475 e. The zero-order chi connectivity index (χ0) is 31.1. The van der Waals surface area contributed by atoms with Crippen molar-refractivity contribution in [2.75, 3.05) is 76.9 Å². The van der Waals surface area contributed by atoms with Crippen molar-refractivity contribution < 1.29 is 32.6 Å². The average molecular weight is 602 g/mol. The maximum Gasteiger partial charge on any atom is 0.490 e. The van der Waals surface area contributed by atoms with E-state index in [2.05, 4.69) is 19.7 Å². The Labute approximate surface area is 247 Å². The molecule has 230 valence electrons. The third kappa shape index (κ3) is 7.96. The van der Waals surface area contributed by atoms with E-state index in [4.69, 9.17) is 24.6 Å². The summed E-state index contributed by atoms with van der Waals surface area (Å²) in [5.41, 5.74) is 4.66. The van der Waals surface area contributed by atoms with E-state index in [-0.39, 0.29) is 5.91 Å². The Morgan fingerprint density at radius 3 is 2.30 bits per heavy atom. The van der Waals surface area contributed by atoms with Gasteiger partial charge in [-0.1, -0.05) is 12.1 Å². The number of carboxylic acid groups (broad SMARTS) is 1. The van der Waals surface area contributed by atoms with Crippen molar-refractivity contribution in [3.05, 3.63) is 59.9 Å². The summed E-state index contributed by atoms with van der Waals surface area (Å²) >= 11 is 0. The van der Waals surface area contributed by atoms with E-state index in [9.17, 15) is 18.0 Å². The third-order valence-electron chi connectivity index (χ3n) is 6.94. The highest BCUT2D eigenvalue weighted by Crippen LogP contribution is 2.39. The smallest absolute Gasteiger partial charge is 0.475 e. The van der Waals surface area contributed by atoms with Gasteiger partial charge >= 0.3 is 12.1 Å². The first-order valence-corrected chi connectivity index (χ1v) is 13.7. The molecule has 0 atom stereocenters. The molecule has 1 N–H and O–H groups in total. The van der Waals surface area contributed by atoms with Crippen molar-refractivity contribution in [3.63, 3.8) is 0 Å². The van der Waals surface area contributed by atoms with Gasteiger partial charge in [0.25, 0.3) is 5.91 Å². The summed E-state index contributed by atoms with van der Waals surface area (Å²) in [5, 5.41) is 7.12. The number of hydrogen-bond acceptors (Lipinski definition) is 9. The van der Waals surface area contributed by atoms with Crippen LogP contribution in [-0.4, -0.2) is 115 Å². The second kappa shape index (κ2) is 13.8. The summed E-state index contributed by atoms with van der Waals surface area (Å²) in [6.45, 7) is 5.13. The lowest BCUT2D eigenvalue weighted by atomic mass is 10.0. The number of aromatic nitrogens is 3. The van der Waals surface area contributed by atoms with Crippen LogP contribution in [0.4, 0.5) is 30.6 Å². The highest BCUT2D eigenvalue weighted by Gasteiger charge is 2.38. The van der Waals surface area contributed by atoms with Gasteiger partial charge in [0.1, 0.15) is 5.82 Å². The quantitative estimate of drug-likeness (QED) is 0.433. The number of hydrogen-bond donors (Lipinski definition) is 1. The molecule has 0 bridgehead atoms. The zero-order valence-corrected chi connectivity index (χ0v) is 24.2. The topological polar surface area (TPSA) is 115 Å². The molecule has 5 rings (SSSR count). The summed E-state index contributed by atoms with van der Waals surface area (Å²) in [6, 6.07) is 11.8. The SMILES string of the molecule is CN(C)CCN(C)C(=O)c1cccc(-c2nc(N3CCOCC3)nc3c2CCN3c2ccncc2)c1.O=C(O)C(F)(F)F. The van der Waals surface area contributed by atoms with Crippen LogP contribution in [0.5, 0.6) is 0 Å². The minimum atomic E-state index is -5.08. The van der Waals surface area contributed by atoms with Gasteiger partial charge in [-0.2, -0.15) is 18.2 Å². The standard InChI is InChI=1S/C27H33N7O2.C2HF3O2/c1-31(2)13-14-32(3)26(35)21-6-4-5-20(19-21)24-23-9-12-34(22-7-10-28-11-8-22)25(23)30-27(29-24)33-15-17-36-18-16-33;3-2(4,5)1(6)7/h4-8,10-11,19H,9,12-18H2,1-3H3;(H,6,7). The molecule has 4 heterocycles. The average Bonchev–Trinajstić information content (AvgIpc) is 3.44. The van der Waals surface area contributed by atoms with Crippen LogP contribution < -0.4 is 9.80 Å². The van der Waals surface area contributed by atoms with E-state index >= 15 is 0 Å². The highest BCUT2D eigenvalue weighted by molar-refractivity contribution is 5.95. The lowest BCUT2D eigenvalue weighted by Gasteiger charge is -2.28. The Hall–Kier alpha value is -4.30. The number of nitrogens with zero attached hydrogens (tertiary/aromatic N) is 7. The Balaban J connectivity index is 0.000000541. The number of halogens is 3. The first-order valence-electron chi connectivity index (χ1n) is 13.7. The molecule has 1 amide bonds. The van der Waals surface area contributed by atoms with Crippen LogP contribution in [0.25, 0.3) is 11.3 Å². The summed E-state index contributed by atoms with van der Waals surface area (Å²) in [6.07, 6.45) is -0.641. The van der Waals surface area contributed by atoms with Crippen LogP contribution in [0.1, 0.15) is 15.9 Å². The normalized spacial score (nSPS) is 14.7. The van der Waals surface area contributed by atoms with Crippen LogP contribution in [0.2, 0.25) is 0 Å². The minimum absolute atomic E-state index is 0.0104. The molecule has 0 aliphatic carbocycles. The Kier molecular flexibility index (Phi) is 10.1. The first-order chi connectivity index (χ1) is 20.5. The van der Waals surface area contributed by atoms with Crippen LogP contribution in [-0.2, 0) is 16.0 Å². The number of pyridine rings is 1. The van der Waals surface area contributed by atoms with E-state index in [0.717, 1.165) is 60.9 Å². The Bertz CT molecular complexity index is 1420. The second-order valence-corrected chi connectivity index (χ2v) is 10.3. The van der Waals surface area contributed by atoms with Gasteiger partial charge in [0.2, 0.25) is 5.95 Å². The van der Waals surface area contributed by atoms with Gasteiger partial charge in [-0.05, 0) is 44.8 Å². The molecule has 2 aromatic heterocycles. The van der Waals surface area contributed by atoms with Gasteiger partial charge in [0.15, 0.2) is 0 Å². The van der Waals surface area contributed by atoms with Gasteiger partial charge < -0.3 is 29.4 Å². The molecule has 2 aliphatic heterocycles. The number of alkyl halides is 3. The Morgan fingerprint density at radius 2 is 1.67 bits per heavy atom. The van der Waals surface area contributed by atoms with Gasteiger partial charge in [-0.25, -0.2) is 9.78 Å². The number of carbonyl (C=O) groups excluding carboxylic acids is 1. The number of carboxylic acids is 1. The van der Waals surface area contributed by atoms with Crippen LogP contribution in [0.3, 0.4) is 0 Å². The molecule has 1 saturated heterocycles. The molecular formula is C29H34F3N7O4. The number of ether oxygens (including phenoxy) is 1. The molecule has 0 spiro atoms. The van der Waals surface area contributed by atoms with Gasteiger partial charge in [0.05, 0.1) is 18.9 Å². The van der Waals surface area contributed by atoms with Gasteiger partial charge in [0, 0.05) is 74.5 Å². The predicted octanol–water partition coefficient (Wildman–Crippen LogP) is 3.34. The monoisotopic (exact) mass is 601 g/mol. The number of benzene rings is 1. The van der Waals surface area contributed by atoms with Crippen molar-refractivity contribution in [1.29, 1.82) is 0 Å². The van der Waals surface area contributed by atoms with E-state index in [1.807, 2.05) is 57.5 Å². The lowest BCUT2D eigenvalue weighted by molar-refractivity contribution is -0.192. The molecule has 0 radical (unpaired) electrons. The summed E-state index contributed by atoms with van der Waals surface area (Å²) in [7, 11) is 5.87. The van der Waals surface area contributed by atoms with E-state index < -0.39 is 12.1 Å². The summed E-state index contributed by atoms with van der Waals surface area (Å²) in [5.74, 6) is -1.12. The Morgan fingerprint density at radius 1 is 1.00 bits per heavy atom. The number of carbonyl (C=O) groups is 2. The number of anilines is 3. The van der Waals surface area contributed by atoms with Gasteiger partial charge in [-0.15, -0.1) is 0 Å². The lowest BCUT2D eigenvalue weighted by Crippen LogP contribution is -2.37. The number of likely N-dealkylation sites (N-methyl/N-ethyl adjacent to an activating group) is 2. The molecule has 0 saturated carbocycles. The molecule has 14 heteroatoms. The van der Waals surface area contributed by atoms with Crippen molar-refractivity contribution in [2.45, 2.75) is 12.6 Å². The molecule has 1 aromatic carbocycles. The summed E-state index contributed by atoms with van der Waals surface area (Å²) < 4.78 is 37.3. The summed E-state index contributed by atoms with van der Waals surface area (Å²) in [4.78, 5) is 44.6. The number of aliphatic carboxylic acids is 1. The number of rotatable bonds is 7. The number of fused-ring (bicyclic) bond motifs is 1. The largest absolute Gasteiger partial charge is 0.490 e. The second-order valence-electron chi connectivity index (χ2n) is 10.3.